The van der Waals surface area contributed by atoms with Crippen LogP contribution < -0.4 is 0 Å². The maximum atomic E-state index is 6.45. The van der Waals surface area contributed by atoms with E-state index in [1.807, 2.05) is 0 Å². The van der Waals surface area contributed by atoms with Gasteiger partial charge in [0.15, 0.2) is 0 Å². The Bertz CT molecular complexity index is 630. The molecule has 1 aliphatic rings. The lowest BCUT2D eigenvalue weighted by atomic mass is 9.87. The molecule has 1 N–H and O–H groups in total. The van der Waals surface area contributed by atoms with Crippen molar-refractivity contribution in [3.05, 3.63) is 53.6 Å². The molecule has 0 unspecified atom stereocenters. The molecule has 2 aromatic rings. The molecule has 0 bridgehead atoms. The van der Waals surface area contributed by atoms with Gasteiger partial charge in [-0.15, -0.1) is 0 Å². The summed E-state index contributed by atoms with van der Waals surface area (Å²) in [5.74, 6) is 0. The van der Waals surface area contributed by atoms with Crippen LogP contribution in [0.1, 0.15) is 43.8 Å². The average Bonchev–Trinajstić information content (AvgIpc) is 2.92. The topological polar surface area (TPSA) is 41.2 Å². The molecule has 1 aromatic heterocycles. The van der Waals surface area contributed by atoms with E-state index in [2.05, 4.69) is 72.9 Å². The molecule has 0 aliphatic carbocycles. The monoisotopic (exact) mass is 313 g/mol. The van der Waals surface area contributed by atoms with Gasteiger partial charge in [0.2, 0.25) is 0 Å². The number of hydrogen-bond donors (Lipinski definition) is 1. The summed E-state index contributed by atoms with van der Waals surface area (Å²) in [7, 11) is 0. The number of aryl methyl sites for hydroxylation is 1. The highest BCUT2D eigenvalue weighted by Crippen LogP contribution is 2.33. The van der Waals surface area contributed by atoms with Gasteiger partial charge >= 0.3 is 0 Å². The number of morpholine rings is 1. The zero-order valence-electron chi connectivity index (χ0n) is 14.5. The highest BCUT2D eigenvalue weighted by molar-refractivity contribution is 5.19. The van der Waals surface area contributed by atoms with Crippen LogP contribution in [0.5, 0.6) is 0 Å². The van der Waals surface area contributed by atoms with Gasteiger partial charge in [-0.25, -0.2) is 4.98 Å². The van der Waals surface area contributed by atoms with Gasteiger partial charge in [0, 0.05) is 25.3 Å². The maximum Gasteiger partial charge on any atom is 0.0956 e. The molecule has 124 valence electrons. The second-order valence-corrected chi connectivity index (χ2v) is 7.56. The van der Waals surface area contributed by atoms with Crippen molar-refractivity contribution in [2.24, 2.45) is 5.41 Å². The molecule has 3 rings (SSSR count). The van der Waals surface area contributed by atoms with Crippen molar-refractivity contribution in [3.8, 4) is 0 Å². The molecule has 0 spiro atoms. The van der Waals surface area contributed by atoms with E-state index in [0.717, 1.165) is 31.0 Å². The van der Waals surface area contributed by atoms with E-state index < -0.39 is 0 Å². The van der Waals surface area contributed by atoms with Crippen molar-refractivity contribution in [1.29, 1.82) is 0 Å². The van der Waals surface area contributed by atoms with E-state index in [9.17, 15) is 0 Å². The number of rotatable bonds is 3. The van der Waals surface area contributed by atoms with E-state index >= 15 is 0 Å². The number of ether oxygens (including phenoxy) is 1. The van der Waals surface area contributed by atoms with Gasteiger partial charge in [0.25, 0.3) is 0 Å². The molecular weight excluding hydrogens is 286 g/mol. The average molecular weight is 313 g/mol. The van der Waals surface area contributed by atoms with E-state index in [0.29, 0.717) is 0 Å². The Morgan fingerprint density at radius 1 is 1.22 bits per heavy atom. The van der Waals surface area contributed by atoms with Gasteiger partial charge in [-0.1, -0.05) is 51.1 Å². The summed E-state index contributed by atoms with van der Waals surface area (Å²) in [6.45, 7) is 11.6. The van der Waals surface area contributed by atoms with Gasteiger partial charge < -0.3 is 9.72 Å². The Labute approximate surface area is 138 Å². The fraction of sp³-hybridized carbons (Fsp3) is 0.526. The molecule has 4 heteroatoms. The first kappa shape index (κ1) is 16.2. The summed E-state index contributed by atoms with van der Waals surface area (Å²) in [4.78, 5) is 10.1. The summed E-state index contributed by atoms with van der Waals surface area (Å²) in [5, 5.41) is 0. The Kier molecular flexibility index (Phi) is 4.55. The molecule has 1 aliphatic heterocycles. The number of aromatic amines is 1. The normalized spacial score (nSPS) is 23.1. The van der Waals surface area contributed by atoms with Gasteiger partial charge in [-0.3, -0.25) is 4.90 Å². The minimum absolute atomic E-state index is 0.117. The number of H-pyrrole nitrogens is 1. The summed E-state index contributed by atoms with van der Waals surface area (Å²) in [5.41, 5.74) is 3.66. The molecule has 2 heterocycles. The molecular formula is C19H27N3O. The minimum Gasteiger partial charge on any atom is -0.367 e. The third kappa shape index (κ3) is 3.82. The zero-order chi connectivity index (χ0) is 16.4. The second-order valence-electron chi connectivity index (χ2n) is 7.56. The molecule has 0 amide bonds. The van der Waals surface area contributed by atoms with E-state index in [4.69, 9.17) is 4.74 Å². The number of hydrogen-bond acceptors (Lipinski definition) is 3. The van der Waals surface area contributed by atoms with E-state index in [1.165, 1.54) is 5.56 Å². The van der Waals surface area contributed by atoms with Gasteiger partial charge in [-0.2, -0.15) is 0 Å². The van der Waals surface area contributed by atoms with Gasteiger partial charge in [0.1, 0.15) is 0 Å². The first-order valence-electron chi connectivity index (χ1n) is 8.35. The summed E-state index contributed by atoms with van der Waals surface area (Å²) in [6.07, 6.45) is 2.11. The van der Waals surface area contributed by atoms with E-state index in [-0.39, 0.29) is 17.6 Å². The number of aromatic nitrogens is 2. The summed E-state index contributed by atoms with van der Waals surface area (Å²) >= 11 is 0. The maximum absolute atomic E-state index is 6.45. The van der Waals surface area contributed by atoms with Crippen molar-refractivity contribution >= 4 is 0 Å². The number of imidazole rings is 1. The molecule has 23 heavy (non-hydrogen) atoms. The lowest BCUT2D eigenvalue weighted by molar-refractivity contribution is -0.131. The van der Waals surface area contributed by atoms with Crippen LogP contribution in [0.4, 0.5) is 0 Å². The van der Waals surface area contributed by atoms with Crippen molar-refractivity contribution in [2.45, 2.75) is 46.4 Å². The fourth-order valence-corrected chi connectivity index (χ4v) is 3.05. The predicted octanol–water partition coefficient (Wildman–Crippen LogP) is 3.71. The third-order valence-electron chi connectivity index (χ3n) is 4.62. The first-order chi connectivity index (χ1) is 10.9. The lowest BCUT2D eigenvalue weighted by Gasteiger charge is -2.43. The van der Waals surface area contributed by atoms with Crippen LogP contribution >= 0.6 is 0 Å². The first-order valence-corrected chi connectivity index (χ1v) is 8.35. The standard InChI is InChI=1S/C19H27N3O/c1-14-16(21-13-20-14)10-22-11-17(15-8-6-5-7-9-15)23-18(12-22)19(2,3)4/h5-9,13,17-18H,10-12H2,1-4H3,(H,20,21)/t17-,18+/m0/s1. The van der Waals surface area contributed by atoms with E-state index in [1.54, 1.807) is 6.33 Å². The van der Waals surface area contributed by atoms with Gasteiger partial charge in [0.05, 0.1) is 24.2 Å². The van der Waals surface area contributed by atoms with Crippen LogP contribution in [0.15, 0.2) is 36.7 Å². The van der Waals surface area contributed by atoms with Crippen LogP contribution in [-0.4, -0.2) is 34.1 Å². The molecule has 2 atom stereocenters. The Morgan fingerprint density at radius 2 is 1.96 bits per heavy atom. The quantitative estimate of drug-likeness (QED) is 0.939. The Balaban J connectivity index is 1.80. The third-order valence-corrected chi connectivity index (χ3v) is 4.62. The highest BCUT2D eigenvalue weighted by Gasteiger charge is 2.35. The summed E-state index contributed by atoms with van der Waals surface area (Å²) < 4.78 is 6.45. The predicted molar refractivity (Wildman–Crippen MR) is 92.1 cm³/mol. The molecule has 1 fully saturated rings. The summed E-state index contributed by atoms with van der Waals surface area (Å²) in [6, 6.07) is 10.5. The van der Waals surface area contributed by atoms with Crippen LogP contribution in [0.25, 0.3) is 0 Å². The molecule has 1 saturated heterocycles. The van der Waals surface area contributed by atoms with Crippen molar-refractivity contribution < 1.29 is 4.74 Å². The van der Waals surface area contributed by atoms with Crippen molar-refractivity contribution in [2.75, 3.05) is 13.1 Å². The highest BCUT2D eigenvalue weighted by atomic mass is 16.5. The SMILES string of the molecule is Cc1[nH]cnc1CN1C[C@@H](c2ccccc2)O[C@@H](C(C)(C)C)C1. The molecule has 0 saturated carbocycles. The van der Waals surface area contributed by atoms with Crippen LogP contribution in [0.2, 0.25) is 0 Å². The van der Waals surface area contributed by atoms with Crippen LogP contribution in [-0.2, 0) is 11.3 Å². The number of nitrogens with one attached hydrogen (secondary N) is 1. The lowest BCUT2D eigenvalue weighted by Crippen LogP contribution is -2.48. The van der Waals surface area contributed by atoms with Gasteiger partial charge in [-0.05, 0) is 17.9 Å². The largest absolute Gasteiger partial charge is 0.367 e. The smallest absolute Gasteiger partial charge is 0.0956 e. The van der Waals surface area contributed by atoms with Crippen LogP contribution in [0, 0.1) is 12.3 Å². The molecule has 4 nitrogen and oxygen atoms in total. The second kappa shape index (κ2) is 6.46. The minimum atomic E-state index is 0.117. The molecule has 0 radical (unpaired) electrons. The zero-order valence-corrected chi connectivity index (χ0v) is 14.5. The van der Waals surface area contributed by atoms with Crippen molar-refractivity contribution in [1.82, 2.24) is 14.9 Å². The van der Waals surface area contributed by atoms with Crippen molar-refractivity contribution in [3.63, 3.8) is 0 Å². The Hall–Kier alpha value is -1.65. The number of benzene rings is 1. The molecule has 1 aromatic carbocycles. The fourth-order valence-electron chi connectivity index (χ4n) is 3.05. The van der Waals surface area contributed by atoms with Crippen LogP contribution in [0.3, 0.4) is 0 Å². The number of nitrogens with zero attached hydrogens (tertiary/aromatic N) is 2. The Morgan fingerprint density at radius 3 is 2.57 bits per heavy atom.